The molecule has 0 saturated heterocycles. The van der Waals surface area contributed by atoms with Gasteiger partial charge in [0.15, 0.2) is 5.96 Å². The van der Waals surface area contributed by atoms with Gasteiger partial charge in [-0.3, -0.25) is 19.4 Å². The number of nitrogens with two attached hydrogens (primary N) is 3. The largest absolute Gasteiger partial charge is 0.508 e. The van der Waals surface area contributed by atoms with Crippen molar-refractivity contribution in [1.82, 2.24) is 16.0 Å². The zero-order valence-corrected chi connectivity index (χ0v) is 21.8. The van der Waals surface area contributed by atoms with Gasteiger partial charge in [-0.1, -0.05) is 26.0 Å². The Hall–Kier alpha value is -3.52. The van der Waals surface area contributed by atoms with Crippen LogP contribution in [0.4, 0.5) is 0 Å². The summed E-state index contributed by atoms with van der Waals surface area (Å²) in [5.41, 5.74) is 17.2. The monoisotopic (exact) mass is 539 g/mol. The molecule has 0 heterocycles. The van der Waals surface area contributed by atoms with Crippen LogP contribution < -0.4 is 33.2 Å². The number of nitrogens with one attached hydrogen (secondary N) is 3. The third-order valence-corrected chi connectivity index (χ3v) is 5.77. The first-order valence-electron chi connectivity index (χ1n) is 11.7. The van der Waals surface area contributed by atoms with Gasteiger partial charge in [0.2, 0.25) is 17.7 Å². The fraction of sp³-hybridized carbons (Fsp3) is 0.522. The van der Waals surface area contributed by atoms with Gasteiger partial charge in [0.05, 0.1) is 6.04 Å². The van der Waals surface area contributed by atoms with Crippen LogP contribution in [0, 0.1) is 5.92 Å². The van der Waals surface area contributed by atoms with E-state index in [4.69, 9.17) is 17.2 Å². The van der Waals surface area contributed by atoms with E-state index < -0.39 is 47.9 Å². The van der Waals surface area contributed by atoms with Gasteiger partial charge in [-0.2, -0.15) is 12.6 Å². The predicted octanol–water partition coefficient (Wildman–Crippen LogP) is -1.56. The van der Waals surface area contributed by atoms with E-state index in [9.17, 15) is 29.4 Å². The van der Waals surface area contributed by atoms with Crippen LogP contribution in [0.25, 0.3) is 0 Å². The number of benzene rings is 1. The average molecular weight is 540 g/mol. The highest BCUT2D eigenvalue weighted by molar-refractivity contribution is 7.80. The van der Waals surface area contributed by atoms with Crippen LogP contribution in [0.3, 0.4) is 0 Å². The lowest BCUT2D eigenvalue weighted by molar-refractivity contribution is -0.141. The Balaban J connectivity index is 3.15. The number of thiol groups is 1. The molecule has 0 aromatic heterocycles. The Morgan fingerprint density at radius 1 is 0.946 bits per heavy atom. The first-order chi connectivity index (χ1) is 17.3. The summed E-state index contributed by atoms with van der Waals surface area (Å²) in [6.07, 6.45) is 0.459. The van der Waals surface area contributed by atoms with Gasteiger partial charge < -0.3 is 43.4 Å². The number of aliphatic carboxylic acids is 1. The van der Waals surface area contributed by atoms with E-state index in [-0.39, 0.29) is 42.8 Å². The summed E-state index contributed by atoms with van der Waals surface area (Å²) >= 11 is 3.95. The van der Waals surface area contributed by atoms with E-state index in [1.165, 1.54) is 12.1 Å². The number of carboxylic acid groups (broad SMARTS) is 1. The van der Waals surface area contributed by atoms with Gasteiger partial charge in [0, 0.05) is 18.7 Å². The highest BCUT2D eigenvalue weighted by atomic mass is 32.1. The molecule has 0 aliphatic heterocycles. The molecule has 0 fully saturated rings. The molecular weight excluding hydrogens is 502 g/mol. The van der Waals surface area contributed by atoms with E-state index in [0.717, 1.165) is 0 Å². The summed E-state index contributed by atoms with van der Waals surface area (Å²) in [4.78, 5) is 54.0. The minimum Gasteiger partial charge on any atom is -0.508 e. The van der Waals surface area contributed by atoms with Gasteiger partial charge in [-0.25, -0.2) is 4.79 Å². The third kappa shape index (κ3) is 11.4. The van der Waals surface area contributed by atoms with E-state index >= 15 is 0 Å². The molecule has 206 valence electrons. The SMILES string of the molecule is CC(C)C(N)C(=O)NC(CCCN=C(N)N)C(=O)NC(Cc1ccc(O)cc1)C(=O)NC(CS)C(=O)O. The number of phenols is 1. The zero-order valence-electron chi connectivity index (χ0n) is 20.9. The van der Waals surface area contributed by atoms with Crippen molar-refractivity contribution in [2.24, 2.45) is 28.1 Å². The summed E-state index contributed by atoms with van der Waals surface area (Å²) in [6.45, 7) is 3.73. The van der Waals surface area contributed by atoms with Gasteiger partial charge in [0.1, 0.15) is 23.9 Å². The maximum absolute atomic E-state index is 13.2. The molecule has 37 heavy (non-hydrogen) atoms. The van der Waals surface area contributed by atoms with Crippen molar-refractivity contribution in [2.75, 3.05) is 12.3 Å². The standard InChI is InChI=1S/C23H37N7O6S/c1-12(2)18(24)21(34)28-15(4-3-9-27-23(25)26)19(32)29-16(10-13-5-7-14(31)8-6-13)20(33)30-17(11-37)22(35)36/h5-8,12,15-18,31,37H,3-4,9-11,24H2,1-2H3,(H,28,34)(H,29,32)(H,30,33)(H,35,36)(H4,25,26,27). The Bertz CT molecular complexity index is 953. The molecule has 0 aliphatic carbocycles. The number of carbonyl (C=O) groups excluding carboxylic acids is 3. The normalized spacial score (nSPS) is 14.1. The topological polar surface area (TPSA) is 235 Å². The Kier molecular flexibility index (Phi) is 13.3. The maximum Gasteiger partial charge on any atom is 0.327 e. The first-order valence-corrected chi connectivity index (χ1v) is 12.3. The molecular formula is C23H37N7O6S. The predicted molar refractivity (Wildman–Crippen MR) is 142 cm³/mol. The van der Waals surface area contributed by atoms with Crippen molar-refractivity contribution in [3.05, 3.63) is 29.8 Å². The fourth-order valence-corrected chi connectivity index (χ4v) is 3.40. The number of aromatic hydroxyl groups is 1. The van der Waals surface area contributed by atoms with Crippen LogP contribution in [0.1, 0.15) is 32.3 Å². The van der Waals surface area contributed by atoms with Crippen LogP contribution >= 0.6 is 12.6 Å². The number of amides is 3. The molecule has 14 heteroatoms. The van der Waals surface area contributed by atoms with Crippen LogP contribution in [-0.2, 0) is 25.6 Å². The Morgan fingerprint density at radius 2 is 1.49 bits per heavy atom. The van der Waals surface area contributed by atoms with Gasteiger partial charge in [-0.15, -0.1) is 0 Å². The molecule has 1 rings (SSSR count). The molecule has 4 unspecified atom stereocenters. The number of nitrogens with zero attached hydrogens (tertiary/aromatic N) is 1. The number of rotatable bonds is 15. The van der Waals surface area contributed by atoms with Crippen LogP contribution in [0.15, 0.2) is 29.3 Å². The number of guanidine groups is 1. The molecule has 0 saturated carbocycles. The lowest BCUT2D eigenvalue weighted by atomic mass is 10.0. The second kappa shape index (κ2) is 15.6. The minimum atomic E-state index is -1.29. The molecule has 3 amide bonds. The van der Waals surface area contributed by atoms with Crippen LogP contribution in [-0.4, -0.2) is 76.3 Å². The number of carbonyl (C=O) groups is 4. The van der Waals surface area contributed by atoms with Gasteiger partial charge in [-0.05, 0) is 36.5 Å². The maximum atomic E-state index is 13.2. The second-order valence-electron chi connectivity index (χ2n) is 8.79. The number of aliphatic imine (C=N–C) groups is 1. The van der Waals surface area contributed by atoms with Crippen molar-refractivity contribution in [1.29, 1.82) is 0 Å². The quantitative estimate of drug-likeness (QED) is 0.0541. The molecule has 4 atom stereocenters. The molecule has 0 radical (unpaired) electrons. The Morgan fingerprint density at radius 3 is 2.00 bits per heavy atom. The summed E-state index contributed by atoms with van der Waals surface area (Å²) in [6, 6.07) is 1.54. The van der Waals surface area contributed by atoms with E-state index in [1.54, 1.807) is 26.0 Å². The molecule has 0 spiro atoms. The number of hydrogen-bond acceptors (Lipinski definition) is 8. The molecule has 11 N–H and O–H groups in total. The lowest BCUT2D eigenvalue weighted by Crippen LogP contribution is -2.58. The first kappa shape index (κ1) is 31.5. The minimum absolute atomic E-state index is 0.0137. The van der Waals surface area contributed by atoms with Crippen LogP contribution in [0.2, 0.25) is 0 Å². The number of phenolic OH excluding ortho intramolecular Hbond substituents is 1. The third-order valence-electron chi connectivity index (χ3n) is 5.41. The van der Waals surface area contributed by atoms with Crippen molar-refractivity contribution in [3.8, 4) is 5.75 Å². The van der Waals surface area contributed by atoms with E-state index in [2.05, 4.69) is 33.6 Å². The number of carboxylic acids is 1. The Labute approximate surface area is 221 Å². The van der Waals surface area contributed by atoms with Crippen molar-refractivity contribution in [3.63, 3.8) is 0 Å². The molecule has 13 nitrogen and oxygen atoms in total. The van der Waals surface area contributed by atoms with Crippen molar-refractivity contribution >= 4 is 42.3 Å². The highest BCUT2D eigenvalue weighted by Crippen LogP contribution is 2.12. The molecule has 1 aromatic carbocycles. The summed E-state index contributed by atoms with van der Waals surface area (Å²) in [5, 5.41) is 26.4. The van der Waals surface area contributed by atoms with Crippen LogP contribution in [0.5, 0.6) is 5.75 Å². The second-order valence-corrected chi connectivity index (χ2v) is 9.16. The number of hydrogen-bond donors (Lipinski definition) is 9. The fourth-order valence-electron chi connectivity index (χ4n) is 3.15. The molecule has 0 aliphatic rings. The summed E-state index contributed by atoms with van der Waals surface area (Å²) in [7, 11) is 0. The van der Waals surface area contributed by atoms with E-state index in [0.29, 0.717) is 12.0 Å². The molecule has 1 aromatic rings. The van der Waals surface area contributed by atoms with Crippen molar-refractivity contribution < 1.29 is 29.4 Å². The zero-order chi connectivity index (χ0) is 28.1. The van der Waals surface area contributed by atoms with E-state index in [1.807, 2.05) is 0 Å². The molecule has 0 bridgehead atoms. The van der Waals surface area contributed by atoms with Gasteiger partial charge in [0.25, 0.3) is 0 Å². The average Bonchev–Trinajstić information content (AvgIpc) is 2.83. The highest BCUT2D eigenvalue weighted by Gasteiger charge is 2.30. The lowest BCUT2D eigenvalue weighted by Gasteiger charge is -2.25. The van der Waals surface area contributed by atoms with Gasteiger partial charge >= 0.3 is 5.97 Å². The van der Waals surface area contributed by atoms with Crippen molar-refractivity contribution in [2.45, 2.75) is 57.3 Å². The summed E-state index contributed by atoms with van der Waals surface area (Å²) in [5.74, 6) is -3.72. The smallest absolute Gasteiger partial charge is 0.327 e. The summed E-state index contributed by atoms with van der Waals surface area (Å²) < 4.78 is 0.